The van der Waals surface area contributed by atoms with Gasteiger partial charge in [0.2, 0.25) is 11.7 Å². The van der Waals surface area contributed by atoms with Crippen LogP contribution in [0.25, 0.3) is 0 Å². The smallest absolute Gasteiger partial charge is 0.310 e. The fourth-order valence-electron chi connectivity index (χ4n) is 2.64. The van der Waals surface area contributed by atoms with Crippen LogP contribution in [0.4, 0.5) is 11.4 Å². The number of methoxy groups -OCH3 is 3. The fraction of sp³-hybridized carbons (Fsp3) is 0.286. The average Bonchev–Trinajstić information content (AvgIpc) is 2.72. The Kier molecular flexibility index (Phi) is 8.04. The SMILES string of the molecule is COc1cc(CC(=O)OCC(=O)Nc2ccc(NC(C)=O)cc2)cc(OC)c1OC. The second kappa shape index (κ2) is 10.7. The third-order valence-electron chi connectivity index (χ3n) is 3.93. The van der Waals surface area contributed by atoms with Crippen LogP contribution in [0, 0.1) is 0 Å². The average molecular weight is 416 g/mol. The summed E-state index contributed by atoms with van der Waals surface area (Å²) in [6.45, 7) is 0.971. The fourth-order valence-corrected chi connectivity index (χ4v) is 2.64. The summed E-state index contributed by atoms with van der Waals surface area (Å²) in [7, 11) is 4.44. The molecule has 160 valence electrons. The highest BCUT2D eigenvalue weighted by molar-refractivity contribution is 5.93. The molecule has 0 atom stereocenters. The molecule has 2 aromatic rings. The van der Waals surface area contributed by atoms with Crippen LogP contribution in [-0.4, -0.2) is 45.7 Å². The number of carbonyl (C=O) groups excluding carboxylic acids is 3. The molecule has 0 fully saturated rings. The van der Waals surface area contributed by atoms with E-state index in [4.69, 9.17) is 18.9 Å². The molecule has 2 amide bonds. The molecule has 30 heavy (non-hydrogen) atoms. The summed E-state index contributed by atoms with van der Waals surface area (Å²) in [5.41, 5.74) is 1.70. The molecule has 2 N–H and O–H groups in total. The summed E-state index contributed by atoms with van der Waals surface area (Å²) in [6.07, 6.45) is -0.0740. The summed E-state index contributed by atoms with van der Waals surface area (Å²) < 4.78 is 20.8. The van der Waals surface area contributed by atoms with E-state index in [1.54, 1.807) is 36.4 Å². The standard InChI is InChI=1S/C21H24N2O7/c1-13(24)22-15-5-7-16(8-6-15)23-19(25)12-30-20(26)11-14-9-17(27-2)21(29-4)18(10-14)28-3/h5-10H,11-12H2,1-4H3,(H,22,24)(H,23,25). The van der Waals surface area contributed by atoms with Gasteiger partial charge in [0.05, 0.1) is 27.8 Å². The maximum absolute atomic E-state index is 12.1. The molecular formula is C21H24N2O7. The Morgan fingerprint density at radius 3 is 1.83 bits per heavy atom. The van der Waals surface area contributed by atoms with Crippen molar-refractivity contribution >= 4 is 29.2 Å². The van der Waals surface area contributed by atoms with Crippen molar-refractivity contribution < 1.29 is 33.3 Å². The van der Waals surface area contributed by atoms with Crippen molar-refractivity contribution in [3.8, 4) is 17.2 Å². The van der Waals surface area contributed by atoms with Crippen LogP contribution in [0.2, 0.25) is 0 Å². The van der Waals surface area contributed by atoms with Crippen molar-refractivity contribution in [3.63, 3.8) is 0 Å². The minimum Gasteiger partial charge on any atom is -0.493 e. The number of nitrogens with one attached hydrogen (secondary N) is 2. The van der Waals surface area contributed by atoms with Crippen LogP contribution < -0.4 is 24.8 Å². The van der Waals surface area contributed by atoms with Gasteiger partial charge in [-0.15, -0.1) is 0 Å². The number of hydrogen-bond donors (Lipinski definition) is 2. The molecule has 2 rings (SSSR count). The van der Waals surface area contributed by atoms with E-state index in [9.17, 15) is 14.4 Å². The quantitative estimate of drug-likeness (QED) is 0.604. The molecule has 0 aliphatic heterocycles. The Labute approximate surface area is 174 Å². The molecule has 0 bridgehead atoms. The number of esters is 1. The lowest BCUT2D eigenvalue weighted by atomic mass is 10.1. The van der Waals surface area contributed by atoms with E-state index in [0.717, 1.165) is 0 Å². The van der Waals surface area contributed by atoms with Gasteiger partial charge in [0.15, 0.2) is 18.1 Å². The van der Waals surface area contributed by atoms with Crippen LogP contribution in [0.1, 0.15) is 12.5 Å². The number of amides is 2. The van der Waals surface area contributed by atoms with E-state index in [1.165, 1.54) is 28.3 Å². The van der Waals surface area contributed by atoms with Gasteiger partial charge in [-0.3, -0.25) is 14.4 Å². The Hall–Kier alpha value is -3.75. The lowest BCUT2D eigenvalue weighted by Gasteiger charge is -2.14. The number of benzene rings is 2. The van der Waals surface area contributed by atoms with Crippen molar-refractivity contribution in [1.29, 1.82) is 0 Å². The number of rotatable bonds is 9. The number of hydrogen-bond acceptors (Lipinski definition) is 7. The van der Waals surface area contributed by atoms with E-state index >= 15 is 0 Å². The molecule has 0 aliphatic carbocycles. The third kappa shape index (κ3) is 6.40. The zero-order valence-corrected chi connectivity index (χ0v) is 17.2. The lowest BCUT2D eigenvalue weighted by Crippen LogP contribution is -2.21. The molecule has 2 aromatic carbocycles. The molecule has 0 unspecified atom stereocenters. The Balaban J connectivity index is 1.89. The van der Waals surface area contributed by atoms with Gasteiger partial charge in [-0.1, -0.05) is 0 Å². The third-order valence-corrected chi connectivity index (χ3v) is 3.93. The highest BCUT2D eigenvalue weighted by Crippen LogP contribution is 2.38. The molecule has 9 nitrogen and oxygen atoms in total. The second-order valence-electron chi connectivity index (χ2n) is 6.18. The summed E-state index contributed by atoms with van der Waals surface area (Å²) in [5.74, 6) is -0.00651. The molecular weight excluding hydrogens is 392 g/mol. The molecule has 0 spiro atoms. The van der Waals surface area contributed by atoms with Crippen molar-refractivity contribution in [1.82, 2.24) is 0 Å². The summed E-state index contributed by atoms with van der Waals surface area (Å²) in [6, 6.07) is 9.82. The lowest BCUT2D eigenvalue weighted by molar-refractivity contribution is -0.146. The molecule has 9 heteroatoms. The van der Waals surface area contributed by atoms with Gasteiger partial charge in [0, 0.05) is 18.3 Å². The largest absolute Gasteiger partial charge is 0.493 e. The van der Waals surface area contributed by atoms with E-state index in [-0.39, 0.29) is 12.3 Å². The van der Waals surface area contributed by atoms with Crippen molar-refractivity contribution in [2.75, 3.05) is 38.6 Å². The van der Waals surface area contributed by atoms with E-state index < -0.39 is 18.5 Å². The molecule has 0 aromatic heterocycles. The maximum Gasteiger partial charge on any atom is 0.310 e. The van der Waals surface area contributed by atoms with Crippen LogP contribution >= 0.6 is 0 Å². The van der Waals surface area contributed by atoms with E-state index in [1.807, 2.05) is 0 Å². The zero-order chi connectivity index (χ0) is 22.1. The molecule has 0 saturated carbocycles. The van der Waals surface area contributed by atoms with Gasteiger partial charge < -0.3 is 29.6 Å². The first-order valence-electron chi connectivity index (χ1n) is 8.98. The van der Waals surface area contributed by atoms with Crippen molar-refractivity contribution in [3.05, 3.63) is 42.0 Å². The molecule has 0 saturated heterocycles. The number of ether oxygens (including phenoxy) is 4. The summed E-state index contributed by atoms with van der Waals surface area (Å²) >= 11 is 0. The van der Waals surface area contributed by atoms with Gasteiger partial charge in [-0.05, 0) is 42.0 Å². The van der Waals surface area contributed by atoms with E-state index in [2.05, 4.69) is 10.6 Å². The van der Waals surface area contributed by atoms with E-state index in [0.29, 0.717) is 34.2 Å². The first-order valence-corrected chi connectivity index (χ1v) is 8.98. The predicted molar refractivity (Wildman–Crippen MR) is 110 cm³/mol. The van der Waals surface area contributed by atoms with Gasteiger partial charge in [0.1, 0.15) is 0 Å². The van der Waals surface area contributed by atoms with Crippen LogP contribution in [-0.2, 0) is 25.5 Å². The van der Waals surface area contributed by atoms with Crippen LogP contribution in [0.3, 0.4) is 0 Å². The first-order chi connectivity index (χ1) is 14.4. The normalized spacial score (nSPS) is 10.0. The summed E-state index contributed by atoms with van der Waals surface area (Å²) in [4.78, 5) is 35.1. The van der Waals surface area contributed by atoms with Gasteiger partial charge in [-0.25, -0.2) is 0 Å². The monoisotopic (exact) mass is 416 g/mol. The number of anilines is 2. The molecule has 0 aliphatic rings. The zero-order valence-electron chi connectivity index (χ0n) is 17.2. The Bertz CT molecular complexity index is 885. The highest BCUT2D eigenvalue weighted by Gasteiger charge is 2.16. The topological polar surface area (TPSA) is 112 Å². The molecule has 0 radical (unpaired) electrons. The van der Waals surface area contributed by atoms with Crippen LogP contribution in [0.5, 0.6) is 17.2 Å². The first kappa shape index (κ1) is 22.5. The van der Waals surface area contributed by atoms with Crippen molar-refractivity contribution in [2.24, 2.45) is 0 Å². The maximum atomic E-state index is 12.1. The van der Waals surface area contributed by atoms with Crippen molar-refractivity contribution in [2.45, 2.75) is 13.3 Å². The molecule has 0 heterocycles. The Morgan fingerprint density at radius 1 is 0.833 bits per heavy atom. The van der Waals surface area contributed by atoms with Gasteiger partial charge in [0.25, 0.3) is 5.91 Å². The van der Waals surface area contributed by atoms with Crippen LogP contribution in [0.15, 0.2) is 36.4 Å². The second-order valence-corrected chi connectivity index (χ2v) is 6.18. The van der Waals surface area contributed by atoms with Gasteiger partial charge in [-0.2, -0.15) is 0 Å². The Morgan fingerprint density at radius 2 is 1.37 bits per heavy atom. The number of carbonyl (C=O) groups is 3. The minimum absolute atomic E-state index is 0.0740. The minimum atomic E-state index is -0.583. The predicted octanol–water partition coefficient (Wildman–Crippen LogP) is 2.40. The summed E-state index contributed by atoms with van der Waals surface area (Å²) in [5, 5.41) is 5.23. The highest BCUT2D eigenvalue weighted by atomic mass is 16.5. The van der Waals surface area contributed by atoms with Gasteiger partial charge >= 0.3 is 5.97 Å².